The van der Waals surface area contributed by atoms with Crippen LogP contribution in [-0.4, -0.2) is 31.5 Å². The Bertz CT molecular complexity index is 865. The van der Waals surface area contributed by atoms with E-state index in [0.717, 1.165) is 18.2 Å². The molecule has 0 N–H and O–H groups in total. The molecule has 7 heteroatoms. The molecule has 2 aromatic rings. The van der Waals surface area contributed by atoms with Crippen LogP contribution in [0.15, 0.2) is 48.5 Å². The van der Waals surface area contributed by atoms with E-state index in [4.69, 9.17) is 4.18 Å². The second-order valence-electron chi connectivity index (χ2n) is 6.13. The molecule has 0 saturated carbocycles. The number of hydrogen-bond donors (Lipinski definition) is 0. The number of carbonyl (C=O) groups is 1. The maximum atomic E-state index is 13.4. The normalized spacial score (nSPS) is 12.5. The van der Waals surface area contributed by atoms with Crippen LogP contribution in [0, 0.1) is 5.82 Å². The van der Waals surface area contributed by atoms with Crippen LogP contribution in [-0.2, 0) is 16.7 Å². The smallest absolute Gasteiger partial charge is 0.306 e. The molecule has 5 nitrogen and oxygen atoms in total. The van der Waals surface area contributed by atoms with Crippen LogP contribution in [0.2, 0.25) is 0 Å². The van der Waals surface area contributed by atoms with Crippen LogP contribution in [0.4, 0.5) is 4.39 Å². The molecule has 0 radical (unpaired) electrons. The highest BCUT2D eigenvalue weighted by molar-refractivity contribution is 7.86. The van der Waals surface area contributed by atoms with Gasteiger partial charge in [-0.2, -0.15) is 8.42 Å². The van der Waals surface area contributed by atoms with E-state index in [2.05, 4.69) is 0 Å². The average Bonchev–Trinajstić information content (AvgIpc) is 2.58. The van der Waals surface area contributed by atoms with Gasteiger partial charge in [-0.1, -0.05) is 25.1 Å². The maximum absolute atomic E-state index is 13.4. The summed E-state index contributed by atoms with van der Waals surface area (Å²) in [6, 6.07) is 12.1. The topological polar surface area (TPSA) is 63.7 Å². The largest absolute Gasteiger partial charge is 0.383 e. The van der Waals surface area contributed by atoms with E-state index in [1.165, 1.54) is 30.3 Å². The number of benzene rings is 2. The quantitative estimate of drug-likeness (QED) is 0.690. The molecule has 0 spiro atoms. The predicted octanol–water partition coefficient (Wildman–Crippen LogP) is 3.61. The number of amides is 1. The second-order valence-corrected chi connectivity index (χ2v) is 7.71. The van der Waals surface area contributed by atoms with Gasteiger partial charge in [0, 0.05) is 18.2 Å². The van der Waals surface area contributed by atoms with Crippen molar-refractivity contribution in [2.24, 2.45) is 0 Å². The molecule has 0 aliphatic rings. The van der Waals surface area contributed by atoms with Gasteiger partial charge in [-0.25, -0.2) is 4.39 Å². The lowest BCUT2D eigenvalue weighted by Crippen LogP contribution is -2.37. The van der Waals surface area contributed by atoms with Gasteiger partial charge in [0.15, 0.2) is 0 Å². The predicted molar refractivity (Wildman–Crippen MR) is 97.9 cm³/mol. The van der Waals surface area contributed by atoms with Crippen LogP contribution in [0.25, 0.3) is 0 Å². The molecule has 0 aliphatic carbocycles. The number of carbonyl (C=O) groups excluding carboxylic acids is 1. The molecule has 0 saturated heterocycles. The Kier molecular flexibility index (Phi) is 6.37. The van der Waals surface area contributed by atoms with E-state index in [-0.39, 0.29) is 17.7 Å². The van der Waals surface area contributed by atoms with Gasteiger partial charge in [-0.15, -0.1) is 0 Å². The molecule has 140 valence electrons. The fourth-order valence-electron chi connectivity index (χ4n) is 2.46. The summed E-state index contributed by atoms with van der Waals surface area (Å²) >= 11 is 0. The summed E-state index contributed by atoms with van der Waals surface area (Å²) in [7, 11) is -3.58. The molecule has 0 bridgehead atoms. The van der Waals surface area contributed by atoms with Gasteiger partial charge in [0.05, 0.1) is 6.26 Å². The highest BCUT2D eigenvalue weighted by atomic mass is 32.2. The number of rotatable bonds is 7. The van der Waals surface area contributed by atoms with E-state index in [0.29, 0.717) is 12.1 Å². The Hall–Kier alpha value is -2.41. The van der Waals surface area contributed by atoms with Crippen molar-refractivity contribution in [2.75, 3.05) is 6.26 Å². The summed E-state index contributed by atoms with van der Waals surface area (Å²) in [4.78, 5) is 14.5. The highest BCUT2D eigenvalue weighted by Crippen LogP contribution is 2.19. The van der Waals surface area contributed by atoms with Gasteiger partial charge in [-0.05, 0) is 49.2 Å². The van der Waals surface area contributed by atoms with Crippen molar-refractivity contribution in [1.29, 1.82) is 0 Å². The summed E-state index contributed by atoms with van der Waals surface area (Å²) in [5.74, 6) is -0.500. The van der Waals surface area contributed by atoms with Crippen molar-refractivity contribution in [1.82, 2.24) is 4.90 Å². The highest BCUT2D eigenvalue weighted by Gasteiger charge is 2.21. The first-order valence-electron chi connectivity index (χ1n) is 8.24. The van der Waals surface area contributed by atoms with Gasteiger partial charge in [0.25, 0.3) is 5.91 Å². The standard InChI is InChI=1S/C19H22FNO4S/c1-4-14(2)21(19(22)16-6-5-7-17(20)12-16)13-15-8-10-18(11-9-15)25-26(3,23)24/h5-12,14H,4,13H2,1-3H3. The fourth-order valence-corrected chi connectivity index (χ4v) is 2.92. The van der Waals surface area contributed by atoms with Crippen molar-refractivity contribution in [3.05, 3.63) is 65.5 Å². The maximum Gasteiger partial charge on any atom is 0.306 e. The molecule has 1 unspecified atom stereocenters. The van der Waals surface area contributed by atoms with E-state index in [1.807, 2.05) is 13.8 Å². The first kappa shape index (κ1) is 19.9. The minimum absolute atomic E-state index is 0.0438. The van der Waals surface area contributed by atoms with E-state index in [1.54, 1.807) is 23.1 Å². The molecule has 0 aliphatic heterocycles. The first-order valence-corrected chi connectivity index (χ1v) is 10.1. The van der Waals surface area contributed by atoms with E-state index in [9.17, 15) is 17.6 Å². The Morgan fingerprint density at radius 1 is 1.19 bits per heavy atom. The SMILES string of the molecule is CCC(C)N(Cc1ccc(OS(C)(=O)=O)cc1)C(=O)c1cccc(F)c1. The van der Waals surface area contributed by atoms with E-state index < -0.39 is 15.9 Å². The van der Waals surface area contributed by atoms with Gasteiger partial charge in [-0.3, -0.25) is 4.79 Å². The van der Waals surface area contributed by atoms with Crippen molar-refractivity contribution >= 4 is 16.0 Å². The van der Waals surface area contributed by atoms with Gasteiger partial charge < -0.3 is 9.08 Å². The van der Waals surface area contributed by atoms with Crippen LogP contribution in [0.1, 0.15) is 36.2 Å². The monoisotopic (exact) mass is 379 g/mol. The molecule has 0 heterocycles. The summed E-state index contributed by atoms with van der Waals surface area (Å²) in [6.45, 7) is 4.22. The molecule has 2 aromatic carbocycles. The lowest BCUT2D eigenvalue weighted by molar-refractivity contribution is 0.0671. The summed E-state index contributed by atoms with van der Waals surface area (Å²) in [6.07, 6.45) is 1.72. The second kappa shape index (κ2) is 8.31. The fraction of sp³-hybridized carbons (Fsp3) is 0.316. The number of halogens is 1. The van der Waals surface area contributed by atoms with Crippen LogP contribution >= 0.6 is 0 Å². The molecule has 2 rings (SSSR count). The van der Waals surface area contributed by atoms with E-state index >= 15 is 0 Å². The molecule has 0 aromatic heterocycles. The lowest BCUT2D eigenvalue weighted by atomic mass is 10.1. The summed E-state index contributed by atoms with van der Waals surface area (Å²) < 4.78 is 40.6. The van der Waals surface area contributed by atoms with Crippen LogP contribution in [0.5, 0.6) is 5.75 Å². The van der Waals surface area contributed by atoms with Gasteiger partial charge in [0.1, 0.15) is 11.6 Å². The van der Waals surface area contributed by atoms with Crippen LogP contribution < -0.4 is 4.18 Å². The van der Waals surface area contributed by atoms with Crippen LogP contribution in [0.3, 0.4) is 0 Å². The first-order chi connectivity index (χ1) is 12.2. The third kappa shape index (κ3) is 5.56. The Morgan fingerprint density at radius 2 is 1.85 bits per heavy atom. The zero-order valence-electron chi connectivity index (χ0n) is 15.0. The van der Waals surface area contributed by atoms with Gasteiger partial charge >= 0.3 is 10.1 Å². The zero-order valence-corrected chi connectivity index (χ0v) is 15.8. The molecular formula is C19H22FNO4S. The number of hydrogen-bond acceptors (Lipinski definition) is 4. The Balaban J connectivity index is 2.21. The summed E-state index contributed by atoms with van der Waals surface area (Å²) in [5.41, 5.74) is 1.11. The molecule has 1 atom stereocenters. The number of nitrogens with zero attached hydrogens (tertiary/aromatic N) is 1. The molecular weight excluding hydrogens is 357 g/mol. The van der Waals surface area contributed by atoms with Crippen molar-refractivity contribution in [3.8, 4) is 5.75 Å². The summed E-state index contributed by atoms with van der Waals surface area (Å²) in [5, 5.41) is 0. The molecule has 1 amide bonds. The van der Waals surface area contributed by atoms with Gasteiger partial charge in [0.2, 0.25) is 0 Å². The Labute approximate surface area is 153 Å². The zero-order chi connectivity index (χ0) is 19.3. The minimum Gasteiger partial charge on any atom is -0.383 e. The minimum atomic E-state index is -3.58. The van der Waals surface area contributed by atoms with Crippen molar-refractivity contribution < 1.29 is 21.8 Å². The Morgan fingerprint density at radius 3 is 2.38 bits per heavy atom. The van der Waals surface area contributed by atoms with Crippen molar-refractivity contribution in [2.45, 2.75) is 32.9 Å². The lowest BCUT2D eigenvalue weighted by Gasteiger charge is -2.29. The molecule has 0 fully saturated rings. The average molecular weight is 379 g/mol. The molecule has 26 heavy (non-hydrogen) atoms. The third-order valence-electron chi connectivity index (χ3n) is 3.98. The van der Waals surface area contributed by atoms with Crippen molar-refractivity contribution in [3.63, 3.8) is 0 Å². The third-order valence-corrected chi connectivity index (χ3v) is 4.47.